The molecule has 3 rings (SSSR count). The largest absolute Gasteiger partial charge is 0.308 e. The minimum absolute atomic E-state index is 0.309. The molecule has 0 saturated heterocycles. The maximum Gasteiger partial charge on any atom is 0.164 e. The Kier molecular flexibility index (Phi) is 2.88. The lowest BCUT2D eigenvalue weighted by Crippen LogP contribution is -2.36. The van der Waals surface area contributed by atoms with Crippen LogP contribution in [0.25, 0.3) is 11.4 Å². The van der Waals surface area contributed by atoms with Crippen molar-refractivity contribution in [2.45, 2.75) is 26.4 Å². The van der Waals surface area contributed by atoms with E-state index >= 15 is 0 Å². The molecule has 4 heteroatoms. The van der Waals surface area contributed by atoms with Crippen LogP contribution >= 0.6 is 0 Å². The van der Waals surface area contributed by atoms with Gasteiger partial charge >= 0.3 is 0 Å². The first-order valence-corrected chi connectivity index (χ1v) is 6.49. The summed E-state index contributed by atoms with van der Waals surface area (Å²) in [5.41, 5.74) is 1.14. The molecule has 0 radical (unpaired) electrons. The van der Waals surface area contributed by atoms with E-state index in [1.807, 2.05) is 18.2 Å². The van der Waals surface area contributed by atoms with Crippen LogP contribution in [-0.4, -0.2) is 21.3 Å². The molecule has 0 saturated carbocycles. The fourth-order valence-corrected chi connectivity index (χ4v) is 2.52. The van der Waals surface area contributed by atoms with Gasteiger partial charge in [0.2, 0.25) is 0 Å². The molecule has 94 valence electrons. The van der Waals surface area contributed by atoms with Gasteiger partial charge in [0.25, 0.3) is 0 Å². The Morgan fingerprint density at radius 1 is 1.22 bits per heavy atom. The SMILES string of the molecule is CC(C)C1NCCn2c(-c3ccccc3)nnc21. The Hall–Kier alpha value is -1.68. The molecule has 2 aromatic rings. The number of nitrogens with zero attached hydrogens (tertiary/aromatic N) is 3. The summed E-state index contributed by atoms with van der Waals surface area (Å²) in [5.74, 6) is 2.57. The summed E-state index contributed by atoms with van der Waals surface area (Å²) in [5, 5.41) is 12.3. The van der Waals surface area contributed by atoms with Crippen LogP contribution in [0.5, 0.6) is 0 Å². The normalized spacial score (nSPS) is 18.9. The summed E-state index contributed by atoms with van der Waals surface area (Å²) in [6, 6.07) is 10.6. The van der Waals surface area contributed by atoms with Crippen LogP contribution < -0.4 is 5.32 Å². The quantitative estimate of drug-likeness (QED) is 0.878. The van der Waals surface area contributed by atoms with Crippen molar-refractivity contribution >= 4 is 0 Å². The molecule has 1 atom stereocenters. The Morgan fingerprint density at radius 2 is 2.00 bits per heavy atom. The van der Waals surface area contributed by atoms with Crippen molar-refractivity contribution in [1.29, 1.82) is 0 Å². The van der Waals surface area contributed by atoms with Crippen molar-refractivity contribution < 1.29 is 0 Å². The first-order valence-electron chi connectivity index (χ1n) is 6.49. The third-order valence-electron chi connectivity index (χ3n) is 3.46. The van der Waals surface area contributed by atoms with Crippen LogP contribution in [0.15, 0.2) is 30.3 Å². The molecule has 1 aliphatic heterocycles. The fraction of sp³-hybridized carbons (Fsp3) is 0.429. The Bertz CT molecular complexity index is 530. The van der Waals surface area contributed by atoms with Crippen molar-refractivity contribution in [2.24, 2.45) is 5.92 Å². The summed E-state index contributed by atoms with van der Waals surface area (Å²) in [4.78, 5) is 0. The first-order chi connectivity index (χ1) is 8.77. The lowest BCUT2D eigenvalue weighted by atomic mass is 10.0. The molecular weight excluding hydrogens is 224 g/mol. The van der Waals surface area contributed by atoms with Crippen LogP contribution in [0.3, 0.4) is 0 Å². The van der Waals surface area contributed by atoms with E-state index in [0.29, 0.717) is 12.0 Å². The minimum Gasteiger partial charge on any atom is -0.308 e. The van der Waals surface area contributed by atoms with Gasteiger partial charge in [-0.3, -0.25) is 0 Å². The molecule has 0 fully saturated rings. The van der Waals surface area contributed by atoms with E-state index in [1.54, 1.807) is 0 Å². The predicted molar refractivity (Wildman–Crippen MR) is 71.0 cm³/mol. The van der Waals surface area contributed by atoms with Crippen LogP contribution in [0, 0.1) is 5.92 Å². The van der Waals surface area contributed by atoms with E-state index in [-0.39, 0.29) is 0 Å². The molecule has 1 aromatic heterocycles. The highest BCUT2D eigenvalue weighted by Gasteiger charge is 2.27. The summed E-state index contributed by atoms with van der Waals surface area (Å²) in [6.45, 7) is 6.35. The lowest BCUT2D eigenvalue weighted by molar-refractivity contribution is 0.339. The highest BCUT2D eigenvalue weighted by atomic mass is 15.3. The van der Waals surface area contributed by atoms with Crippen molar-refractivity contribution in [1.82, 2.24) is 20.1 Å². The molecule has 0 bridgehead atoms. The Labute approximate surface area is 107 Å². The molecular formula is C14H18N4. The van der Waals surface area contributed by atoms with E-state index in [2.05, 4.69) is 46.1 Å². The lowest BCUT2D eigenvalue weighted by Gasteiger charge is -2.27. The van der Waals surface area contributed by atoms with Gasteiger partial charge in [-0.25, -0.2) is 0 Å². The highest BCUT2D eigenvalue weighted by molar-refractivity contribution is 5.55. The fourth-order valence-electron chi connectivity index (χ4n) is 2.52. The molecule has 0 amide bonds. The maximum atomic E-state index is 4.39. The monoisotopic (exact) mass is 242 g/mol. The van der Waals surface area contributed by atoms with Gasteiger partial charge in [-0.2, -0.15) is 0 Å². The molecule has 0 aliphatic carbocycles. The second-order valence-corrected chi connectivity index (χ2v) is 5.08. The number of benzene rings is 1. The molecule has 18 heavy (non-hydrogen) atoms. The summed E-state index contributed by atoms with van der Waals surface area (Å²) in [7, 11) is 0. The van der Waals surface area contributed by atoms with Crippen molar-refractivity contribution in [3.05, 3.63) is 36.2 Å². The van der Waals surface area contributed by atoms with E-state index < -0.39 is 0 Å². The van der Waals surface area contributed by atoms with Crippen molar-refractivity contribution in [2.75, 3.05) is 6.54 Å². The van der Waals surface area contributed by atoms with E-state index in [4.69, 9.17) is 0 Å². The third-order valence-corrected chi connectivity index (χ3v) is 3.46. The number of nitrogens with one attached hydrogen (secondary N) is 1. The number of fused-ring (bicyclic) bond motifs is 1. The standard InChI is InChI=1S/C14H18N4/c1-10(2)12-14-17-16-13(18(14)9-8-15-12)11-6-4-3-5-7-11/h3-7,10,12,15H,8-9H2,1-2H3. The molecule has 1 N–H and O–H groups in total. The smallest absolute Gasteiger partial charge is 0.164 e. The Balaban J connectivity index is 2.05. The second-order valence-electron chi connectivity index (χ2n) is 5.08. The number of hydrogen-bond acceptors (Lipinski definition) is 3. The van der Waals surface area contributed by atoms with Gasteiger partial charge in [-0.05, 0) is 5.92 Å². The van der Waals surface area contributed by atoms with Crippen LogP contribution in [-0.2, 0) is 6.54 Å². The number of hydrogen-bond donors (Lipinski definition) is 1. The zero-order valence-corrected chi connectivity index (χ0v) is 10.8. The van der Waals surface area contributed by atoms with Gasteiger partial charge in [0.15, 0.2) is 11.6 Å². The molecule has 1 unspecified atom stereocenters. The molecule has 2 heterocycles. The van der Waals surface area contributed by atoms with E-state index in [1.165, 1.54) is 0 Å². The van der Waals surface area contributed by atoms with Gasteiger partial charge in [0.1, 0.15) is 0 Å². The summed E-state index contributed by atoms with van der Waals surface area (Å²) >= 11 is 0. The topological polar surface area (TPSA) is 42.7 Å². The zero-order valence-electron chi connectivity index (χ0n) is 10.8. The van der Waals surface area contributed by atoms with Crippen molar-refractivity contribution in [3.63, 3.8) is 0 Å². The van der Waals surface area contributed by atoms with E-state index in [0.717, 1.165) is 30.3 Å². The van der Waals surface area contributed by atoms with Crippen LogP contribution in [0.2, 0.25) is 0 Å². The third kappa shape index (κ3) is 1.82. The highest BCUT2D eigenvalue weighted by Crippen LogP contribution is 2.27. The second kappa shape index (κ2) is 4.53. The number of rotatable bonds is 2. The van der Waals surface area contributed by atoms with Gasteiger partial charge in [0.05, 0.1) is 6.04 Å². The van der Waals surface area contributed by atoms with Gasteiger partial charge in [0, 0.05) is 18.7 Å². The number of aromatic nitrogens is 3. The summed E-state index contributed by atoms with van der Waals surface area (Å²) < 4.78 is 2.25. The minimum atomic E-state index is 0.309. The molecule has 1 aliphatic rings. The van der Waals surface area contributed by atoms with Crippen LogP contribution in [0.1, 0.15) is 25.7 Å². The molecule has 4 nitrogen and oxygen atoms in total. The Morgan fingerprint density at radius 3 is 2.72 bits per heavy atom. The van der Waals surface area contributed by atoms with Crippen molar-refractivity contribution in [3.8, 4) is 11.4 Å². The average Bonchev–Trinajstić information content (AvgIpc) is 2.83. The average molecular weight is 242 g/mol. The maximum absolute atomic E-state index is 4.39. The van der Waals surface area contributed by atoms with Gasteiger partial charge < -0.3 is 9.88 Å². The molecule has 0 spiro atoms. The summed E-state index contributed by atoms with van der Waals surface area (Å²) in [6.07, 6.45) is 0. The molecule has 1 aromatic carbocycles. The van der Waals surface area contributed by atoms with E-state index in [9.17, 15) is 0 Å². The first kappa shape index (κ1) is 11.4. The van der Waals surface area contributed by atoms with Crippen LogP contribution in [0.4, 0.5) is 0 Å². The van der Waals surface area contributed by atoms with Gasteiger partial charge in [-0.1, -0.05) is 44.2 Å². The van der Waals surface area contributed by atoms with Gasteiger partial charge in [-0.15, -0.1) is 10.2 Å². The predicted octanol–water partition coefficient (Wildman–Crippen LogP) is 2.25. The zero-order chi connectivity index (χ0) is 12.5.